The summed E-state index contributed by atoms with van der Waals surface area (Å²) in [6.45, 7) is 2.70. The van der Waals surface area contributed by atoms with E-state index in [1.54, 1.807) is 0 Å². The highest BCUT2D eigenvalue weighted by Gasteiger charge is 2.27. The van der Waals surface area contributed by atoms with Gasteiger partial charge in [-0.05, 0) is 78.8 Å². The van der Waals surface area contributed by atoms with E-state index in [9.17, 15) is 9.18 Å². The van der Waals surface area contributed by atoms with Gasteiger partial charge in [0.2, 0.25) is 0 Å². The number of aryl methyl sites for hydroxylation is 1. The van der Waals surface area contributed by atoms with E-state index < -0.39 is 6.03 Å². The monoisotopic (exact) mass is 434 g/mol. The zero-order valence-electron chi connectivity index (χ0n) is 17.9. The number of ether oxygens (including phenoxy) is 1. The molecule has 0 aliphatic carbocycles. The topological polar surface area (TPSA) is 81.6 Å². The normalized spacial score (nSPS) is 15.9. The van der Waals surface area contributed by atoms with Crippen LogP contribution in [0.5, 0.6) is 0 Å². The lowest BCUT2D eigenvalue weighted by molar-refractivity contribution is 0.0841. The number of primary amides is 1. The molecule has 2 aliphatic heterocycles. The molecule has 7 heteroatoms. The Labute approximate surface area is 186 Å². The summed E-state index contributed by atoms with van der Waals surface area (Å²) in [7, 11) is 0. The number of hydrogen-bond donors (Lipinski definition) is 2. The second-order valence-electron chi connectivity index (χ2n) is 8.49. The molecule has 2 aromatic carbocycles. The van der Waals surface area contributed by atoms with Crippen molar-refractivity contribution in [1.29, 1.82) is 0 Å². The number of nitrogens with one attached hydrogen (secondary N) is 1. The van der Waals surface area contributed by atoms with E-state index >= 15 is 0 Å². The summed E-state index contributed by atoms with van der Waals surface area (Å²) in [4.78, 5) is 15.6. The third kappa shape index (κ3) is 3.88. The van der Waals surface area contributed by atoms with E-state index in [2.05, 4.69) is 27.0 Å². The Balaban J connectivity index is 1.69. The predicted octanol–water partition coefficient (Wildman–Crippen LogP) is 4.20. The van der Waals surface area contributed by atoms with Gasteiger partial charge in [0.25, 0.3) is 0 Å². The van der Waals surface area contributed by atoms with Crippen molar-refractivity contribution in [2.24, 2.45) is 10.7 Å². The third-order valence-electron chi connectivity index (χ3n) is 6.46. The van der Waals surface area contributed by atoms with Crippen molar-refractivity contribution in [3.05, 3.63) is 64.6 Å². The minimum atomic E-state index is -0.502. The van der Waals surface area contributed by atoms with Crippen LogP contribution in [0.3, 0.4) is 0 Å². The van der Waals surface area contributed by atoms with Crippen LogP contribution in [-0.2, 0) is 17.7 Å². The number of carbonyl (C=O) groups is 1. The Morgan fingerprint density at radius 1 is 1.22 bits per heavy atom. The number of rotatable bonds is 6. The molecule has 3 N–H and O–H groups in total. The standard InChI is InChI=1S/C25H27FN4O2/c26-19-3-5-20(6-4-19)30-23-13-18-15-28-14-17(18)12-22(23)21(2-1-9-29-25(27)31)24(30)16-7-10-32-11-8-16/h3-6,12-13,15-16H,1-2,7-11,14H2,(H3,27,29,31). The van der Waals surface area contributed by atoms with Gasteiger partial charge in [0.15, 0.2) is 0 Å². The molecule has 5 rings (SSSR count). The number of benzene rings is 2. The molecule has 0 saturated carbocycles. The Kier molecular flexibility index (Phi) is 5.66. The number of fused-ring (bicyclic) bond motifs is 2. The van der Waals surface area contributed by atoms with Crippen LogP contribution < -0.4 is 11.1 Å². The van der Waals surface area contributed by atoms with Crippen LogP contribution in [0, 0.1) is 5.82 Å². The maximum absolute atomic E-state index is 13.7. The molecule has 0 atom stereocenters. The van der Waals surface area contributed by atoms with Crippen molar-refractivity contribution in [2.75, 3.05) is 19.8 Å². The number of hydrogen-bond acceptors (Lipinski definition) is 3. The fourth-order valence-corrected chi connectivity index (χ4v) is 4.99. The Hall–Kier alpha value is -3.19. The van der Waals surface area contributed by atoms with Gasteiger partial charge < -0.3 is 20.4 Å². The van der Waals surface area contributed by atoms with Crippen molar-refractivity contribution in [3.63, 3.8) is 0 Å². The van der Waals surface area contributed by atoms with Crippen LogP contribution in [0.1, 0.15) is 47.6 Å². The molecule has 0 bridgehead atoms. The quantitative estimate of drug-likeness (QED) is 0.570. The molecule has 0 spiro atoms. The van der Waals surface area contributed by atoms with Gasteiger partial charge in [-0.25, -0.2) is 9.18 Å². The molecule has 6 nitrogen and oxygen atoms in total. The molecule has 1 saturated heterocycles. The van der Waals surface area contributed by atoms with Gasteiger partial charge in [-0.15, -0.1) is 0 Å². The van der Waals surface area contributed by atoms with Crippen molar-refractivity contribution >= 4 is 23.1 Å². The number of halogens is 1. The summed E-state index contributed by atoms with van der Waals surface area (Å²) < 4.78 is 21.7. The second kappa shape index (κ2) is 8.74. The fourth-order valence-electron chi connectivity index (χ4n) is 4.99. The largest absolute Gasteiger partial charge is 0.381 e. The Morgan fingerprint density at radius 3 is 2.75 bits per heavy atom. The fraction of sp³-hybridized carbons (Fsp3) is 0.360. The zero-order chi connectivity index (χ0) is 22.1. The number of amides is 2. The van der Waals surface area contributed by atoms with Crippen LogP contribution in [0.15, 0.2) is 41.4 Å². The Bertz CT molecular complexity index is 1180. The summed E-state index contributed by atoms with van der Waals surface area (Å²) in [6.07, 6.45) is 5.43. The second-order valence-corrected chi connectivity index (χ2v) is 8.49. The number of carbonyl (C=O) groups excluding carboxylic acids is 1. The van der Waals surface area contributed by atoms with E-state index in [4.69, 9.17) is 10.5 Å². The first-order valence-electron chi connectivity index (χ1n) is 11.2. The van der Waals surface area contributed by atoms with Gasteiger partial charge in [-0.1, -0.05) is 0 Å². The number of aromatic nitrogens is 1. The molecule has 32 heavy (non-hydrogen) atoms. The van der Waals surface area contributed by atoms with Crippen molar-refractivity contribution in [2.45, 2.75) is 38.1 Å². The van der Waals surface area contributed by atoms with Gasteiger partial charge in [-0.2, -0.15) is 0 Å². The van der Waals surface area contributed by atoms with Crippen molar-refractivity contribution in [3.8, 4) is 5.69 Å². The maximum Gasteiger partial charge on any atom is 0.312 e. The molecule has 0 unspecified atom stereocenters. The zero-order valence-corrected chi connectivity index (χ0v) is 17.9. The smallest absolute Gasteiger partial charge is 0.312 e. The summed E-state index contributed by atoms with van der Waals surface area (Å²) in [5.74, 6) is 0.104. The number of nitrogens with two attached hydrogens (primary N) is 1. The van der Waals surface area contributed by atoms with Gasteiger partial charge >= 0.3 is 6.03 Å². The summed E-state index contributed by atoms with van der Waals surface area (Å²) >= 11 is 0. The van der Waals surface area contributed by atoms with Crippen LogP contribution in [0.4, 0.5) is 9.18 Å². The first-order chi connectivity index (χ1) is 15.6. The van der Waals surface area contributed by atoms with Crippen LogP contribution in [0.2, 0.25) is 0 Å². The summed E-state index contributed by atoms with van der Waals surface area (Å²) in [5.41, 5.74) is 12.2. The summed E-state index contributed by atoms with van der Waals surface area (Å²) in [6, 6.07) is 10.7. The Morgan fingerprint density at radius 2 is 2.00 bits per heavy atom. The van der Waals surface area contributed by atoms with E-state index in [1.807, 2.05) is 18.3 Å². The number of urea groups is 1. The lowest BCUT2D eigenvalue weighted by Crippen LogP contribution is -2.30. The first-order valence-corrected chi connectivity index (χ1v) is 11.2. The van der Waals surface area contributed by atoms with E-state index in [0.717, 1.165) is 55.7 Å². The van der Waals surface area contributed by atoms with Gasteiger partial charge in [-0.3, -0.25) is 4.99 Å². The molecule has 3 heterocycles. The predicted molar refractivity (Wildman–Crippen MR) is 123 cm³/mol. The summed E-state index contributed by atoms with van der Waals surface area (Å²) in [5, 5.41) is 3.91. The highest BCUT2D eigenvalue weighted by atomic mass is 19.1. The number of nitrogens with zero attached hydrogens (tertiary/aromatic N) is 2. The highest BCUT2D eigenvalue weighted by molar-refractivity contribution is 5.96. The molecular weight excluding hydrogens is 407 g/mol. The van der Waals surface area contributed by atoms with E-state index in [-0.39, 0.29) is 5.82 Å². The van der Waals surface area contributed by atoms with Gasteiger partial charge in [0, 0.05) is 48.7 Å². The lowest BCUT2D eigenvalue weighted by atomic mass is 9.90. The molecule has 3 aromatic rings. The number of aliphatic imine (C=N–C) groups is 1. The molecule has 166 valence electrons. The molecule has 1 fully saturated rings. The minimum Gasteiger partial charge on any atom is -0.381 e. The van der Waals surface area contributed by atoms with Crippen LogP contribution >= 0.6 is 0 Å². The van der Waals surface area contributed by atoms with E-state index in [0.29, 0.717) is 19.0 Å². The van der Waals surface area contributed by atoms with Crippen molar-refractivity contribution in [1.82, 2.24) is 9.88 Å². The van der Waals surface area contributed by atoms with Crippen LogP contribution in [-0.4, -0.2) is 36.6 Å². The first kappa shape index (κ1) is 20.7. The van der Waals surface area contributed by atoms with E-state index in [1.165, 1.54) is 34.3 Å². The molecule has 0 radical (unpaired) electrons. The molecular formula is C25H27FN4O2. The van der Waals surface area contributed by atoms with Gasteiger partial charge in [0.1, 0.15) is 5.82 Å². The highest BCUT2D eigenvalue weighted by Crippen LogP contribution is 2.40. The molecule has 1 aromatic heterocycles. The lowest BCUT2D eigenvalue weighted by Gasteiger charge is -2.26. The average molecular weight is 435 g/mol. The maximum atomic E-state index is 13.7. The molecule has 2 amide bonds. The third-order valence-corrected chi connectivity index (χ3v) is 6.46. The molecule has 2 aliphatic rings. The SMILES string of the molecule is NC(=O)NCCCc1c(C2CCOCC2)n(-c2ccc(F)cc2)c2cc3c(cc12)CN=C3. The minimum absolute atomic E-state index is 0.247. The average Bonchev–Trinajstić information content (AvgIpc) is 3.38. The van der Waals surface area contributed by atoms with Gasteiger partial charge in [0.05, 0.1) is 12.1 Å². The van der Waals surface area contributed by atoms with Crippen LogP contribution in [0.25, 0.3) is 16.6 Å². The van der Waals surface area contributed by atoms with Crippen molar-refractivity contribution < 1.29 is 13.9 Å².